The Kier molecular flexibility index (Phi) is 2.22. The molecule has 1 atom stereocenters. The number of aromatic nitrogens is 3. The highest BCUT2D eigenvalue weighted by molar-refractivity contribution is 5.94. The highest BCUT2D eigenvalue weighted by atomic mass is 16.1. The summed E-state index contributed by atoms with van der Waals surface area (Å²) in [4.78, 5) is 16.1. The Morgan fingerprint density at radius 1 is 1.47 bits per heavy atom. The van der Waals surface area contributed by atoms with E-state index in [1.807, 2.05) is 24.3 Å². The molecule has 0 bridgehead atoms. The number of nitrogens with one attached hydrogen (secondary N) is 2. The zero-order valence-corrected chi connectivity index (χ0v) is 8.92. The summed E-state index contributed by atoms with van der Waals surface area (Å²) >= 11 is 0. The van der Waals surface area contributed by atoms with Gasteiger partial charge in [0.1, 0.15) is 0 Å². The van der Waals surface area contributed by atoms with Crippen LogP contribution in [0.1, 0.15) is 27.7 Å². The minimum absolute atomic E-state index is 0.159. The lowest BCUT2D eigenvalue weighted by molar-refractivity contribution is 0.0944. The van der Waals surface area contributed by atoms with Crippen molar-refractivity contribution in [1.29, 1.82) is 0 Å². The minimum atomic E-state index is -0.160. The number of amides is 1. The third kappa shape index (κ3) is 1.71. The monoisotopic (exact) mass is 226 g/mol. The molecule has 3 rings (SSSR count). The fourth-order valence-corrected chi connectivity index (χ4v) is 1.84. The van der Waals surface area contributed by atoms with Gasteiger partial charge in [0.2, 0.25) is 0 Å². The van der Waals surface area contributed by atoms with Crippen LogP contribution in [0.25, 0.3) is 6.08 Å². The molecule has 5 nitrogen and oxygen atoms in total. The number of carbonyl (C=O) groups is 1. The number of hydrogen-bond donors (Lipinski definition) is 2. The second kappa shape index (κ2) is 3.86. The molecule has 0 spiro atoms. The van der Waals surface area contributed by atoms with E-state index < -0.39 is 0 Å². The fourth-order valence-electron chi connectivity index (χ4n) is 1.84. The average Bonchev–Trinajstić information content (AvgIpc) is 2.98. The standard InChI is InChI=1S/C12H10N4O/c17-12(9-6-14-15-7-9)16-10-4-3-8-2-1-5-13-11(8)10/h1-7,10H,(H,14,15)(H,16,17). The van der Waals surface area contributed by atoms with Crippen LogP contribution in [0.5, 0.6) is 0 Å². The van der Waals surface area contributed by atoms with Crippen LogP contribution >= 0.6 is 0 Å². The SMILES string of the molecule is O=C(NC1C=Cc2cccnc21)c1cn[nH]c1. The molecule has 1 aliphatic carbocycles. The summed E-state index contributed by atoms with van der Waals surface area (Å²) in [5, 5.41) is 9.24. The molecule has 1 aliphatic rings. The van der Waals surface area contributed by atoms with E-state index in [-0.39, 0.29) is 11.9 Å². The van der Waals surface area contributed by atoms with Gasteiger partial charge >= 0.3 is 0 Å². The maximum atomic E-state index is 11.8. The number of rotatable bonds is 2. The molecule has 0 fully saturated rings. The number of hydrogen-bond acceptors (Lipinski definition) is 3. The molecule has 2 heterocycles. The van der Waals surface area contributed by atoms with Crippen molar-refractivity contribution >= 4 is 12.0 Å². The Balaban J connectivity index is 1.80. The molecule has 5 heteroatoms. The quantitative estimate of drug-likeness (QED) is 0.810. The summed E-state index contributed by atoms with van der Waals surface area (Å²) in [6.45, 7) is 0. The van der Waals surface area contributed by atoms with Crippen LogP contribution in [-0.2, 0) is 0 Å². The van der Waals surface area contributed by atoms with Crippen LogP contribution in [0.2, 0.25) is 0 Å². The van der Waals surface area contributed by atoms with E-state index >= 15 is 0 Å². The Bertz CT molecular complexity index is 574. The van der Waals surface area contributed by atoms with Gasteiger partial charge in [-0.05, 0) is 11.6 Å². The topological polar surface area (TPSA) is 70.7 Å². The van der Waals surface area contributed by atoms with E-state index in [9.17, 15) is 4.79 Å². The van der Waals surface area contributed by atoms with E-state index in [2.05, 4.69) is 20.5 Å². The molecule has 2 aromatic rings. The van der Waals surface area contributed by atoms with Crippen LogP contribution in [0.4, 0.5) is 0 Å². The predicted molar refractivity (Wildman–Crippen MR) is 62.1 cm³/mol. The zero-order valence-electron chi connectivity index (χ0n) is 8.92. The van der Waals surface area contributed by atoms with Crippen molar-refractivity contribution in [3.63, 3.8) is 0 Å². The van der Waals surface area contributed by atoms with E-state index in [0.29, 0.717) is 5.56 Å². The van der Waals surface area contributed by atoms with Crippen LogP contribution in [0, 0.1) is 0 Å². The van der Waals surface area contributed by atoms with Crippen molar-refractivity contribution in [1.82, 2.24) is 20.5 Å². The first-order valence-electron chi connectivity index (χ1n) is 5.27. The van der Waals surface area contributed by atoms with Crippen molar-refractivity contribution in [3.8, 4) is 0 Å². The Morgan fingerprint density at radius 2 is 2.41 bits per heavy atom. The molecule has 0 aliphatic heterocycles. The van der Waals surface area contributed by atoms with Gasteiger partial charge in [-0.2, -0.15) is 5.10 Å². The van der Waals surface area contributed by atoms with Gasteiger partial charge in [0.15, 0.2) is 0 Å². The molecular weight excluding hydrogens is 216 g/mol. The smallest absolute Gasteiger partial charge is 0.255 e. The summed E-state index contributed by atoms with van der Waals surface area (Å²) in [6.07, 6.45) is 8.67. The largest absolute Gasteiger partial charge is 0.340 e. The lowest BCUT2D eigenvalue weighted by Gasteiger charge is -2.11. The van der Waals surface area contributed by atoms with Crippen LogP contribution in [0.15, 0.2) is 36.8 Å². The van der Waals surface area contributed by atoms with Crippen molar-refractivity contribution in [2.24, 2.45) is 0 Å². The normalized spacial score (nSPS) is 16.8. The molecule has 0 radical (unpaired) electrons. The molecule has 0 saturated carbocycles. The molecular formula is C12H10N4O. The van der Waals surface area contributed by atoms with Gasteiger partial charge in [-0.15, -0.1) is 0 Å². The number of aromatic amines is 1. The van der Waals surface area contributed by atoms with Gasteiger partial charge in [0.25, 0.3) is 5.91 Å². The van der Waals surface area contributed by atoms with Gasteiger partial charge in [0, 0.05) is 12.4 Å². The first-order chi connectivity index (χ1) is 8.34. The van der Waals surface area contributed by atoms with Gasteiger partial charge in [-0.1, -0.05) is 18.2 Å². The van der Waals surface area contributed by atoms with Crippen molar-refractivity contribution in [2.75, 3.05) is 0 Å². The highest BCUT2D eigenvalue weighted by Gasteiger charge is 2.20. The summed E-state index contributed by atoms with van der Waals surface area (Å²) in [5.74, 6) is -0.160. The molecule has 17 heavy (non-hydrogen) atoms. The maximum Gasteiger partial charge on any atom is 0.255 e. The average molecular weight is 226 g/mol. The van der Waals surface area contributed by atoms with Crippen LogP contribution < -0.4 is 5.32 Å². The van der Waals surface area contributed by atoms with Crippen LogP contribution in [0.3, 0.4) is 0 Å². The van der Waals surface area contributed by atoms with E-state index in [1.54, 1.807) is 12.4 Å². The van der Waals surface area contributed by atoms with Crippen LogP contribution in [-0.4, -0.2) is 21.1 Å². The zero-order chi connectivity index (χ0) is 11.7. The lowest BCUT2D eigenvalue weighted by Crippen LogP contribution is -2.26. The summed E-state index contributed by atoms with van der Waals surface area (Å²) in [6, 6.07) is 3.69. The van der Waals surface area contributed by atoms with E-state index in [1.165, 1.54) is 6.20 Å². The molecule has 2 aromatic heterocycles. The molecule has 0 saturated heterocycles. The van der Waals surface area contributed by atoms with Gasteiger partial charge < -0.3 is 5.32 Å². The molecule has 2 N–H and O–H groups in total. The third-order valence-corrected chi connectivity index (χ3v) is 2.68. The van der Waals surface area contributed by atoms with E-state index in [4.69, 9.17) is 0 Å². The van der Waals surface area contributed by atoms with Gasteiger partial charge in [-0.3, -0.25) is 14.9 Å². The van der Waals surface area contributed by atoms with Crippen molar-refractivity contribution < 1.29 is 4.79 Å². The molecule has 0 aromatic carbocycles. The van der Waals surface area contributed by atoms with Crippen molar-refractivity contribution in [3.05, 3.63) is 53.6 Å². The minimum Gasteiger partial charge on any atom is -0.340 e. The Hall–Kier alpha value is -2.43. The second-order valence-corrected chi connectivity index (χ2v) is 3.78. The number of H-pyrrole nitrogens is 1. The first kappa shape index (κ1) is 9.77. The number of carbonyl (C=O) groups excluding carboxylic acids is 1. The summed E-state index contributed by atoms with van der Waals surface area (Å²) in [7, 11) is 0. The number of pyridine rings is 1. The molecule has 84 valence electrons. The highest BCUT2D eigenvalue weighted by Crippen LogP contribution is 2.25. The fraction of sp³-hybridized carbons (Fsp3) is 0.0833. The Morgan fingerprint density at radius 3 is 3.24 bits per heavy atom. The first-order valence-corrected chi connectivity index (χ1v) is 5.27. The van der Waals surface area contributed by atoms with Gasteiger partial charge in [-0.25, -0.2) is 0 Å². The van der Waals surface area contributed by atoms with Gasteiger partial charge in [0.05, 0.1) is 23.5 Å². The van der Waals surface area contributed by atoms with Crippen molar-refractivity contribution in [2.45, 2.75) is 6.04 Å². The maximum absolute atomic E-state index is 11.8. The Labute approximate surface area is 97.6 Å². The molecule has 1 unspecified atom stereocenters. The molecule has 1 amide bonds. The van der Waals surface area contributed by atoms with E-state index in [0.717, 1.165) is 11.3 Å². The number of fused-ring (bicyclic) bond motifs is 1. The number of nitrogens with zero attached hydrogens (tertiary/aromatic N) is 2. The summed E-state index contributed by atoms with van der Waals surface area (Å²) < 4.78 is 0. The summed E-state index contributed by atoms with van der Waals surface area (Å²) in [5.41, 5.74) is 2.44. The lowest BCUT2D eigenvalue weighted by atomic mass is 10.2. The predicted octanol–water partition coefficient (Wildman–Crippen LogP) is 1.30. The third-order valence-electron chi connectivity index (χ3n) is 2.68. The second-order valence-electron chi connectivity index (χ2n) is 3.78.